The largest absolute Gasteiger partial charge is 0.390 e. The molecule has 1 fully saturated rings. The van der Waals surface area contributed by atoms with Crippen molar-refractivity contribution in [2.45, 2.75) is 152 Å². The number of hydrogen-bond donors (Lipinski definition) is 7. The molecule has 0 saturated carbocycles. The van der Waals surface area contributed by atoms with Gasteiger partial charge in [0.05, 0.1) is 31.6 Å². The van der Waals surface area contributed by atoms with Gasteiger partial charge in [0.25, 0.3) is 0 Å². The number of fused-ring (bicyclic) bond motifs is 1. The lowest BCUT2D eigenvalue weighted by atomic mass is 9.98. The number of amides is 2. The van der Waals surface area contributed by atoms with Gasteiger partial charge in [0.15, 0.2) is 17.9 Å². The summed E-state index contributed by atoms with van der Waals surface area (Å²) >= 11 is 0. The Morgan fingerprint density at radius 2 is 1.32 bits per heavy atom. The van der Waals surface area contributed by atoms with Crippen molar-refractivity contribution in [2.24, 2.45) is 0 Å². The van der Waals surface area contributed by atoms with E-state index in [9.17, 15) is 43.9 Å². The minimum Gasteiger partial charge on any atom is -0.390 e. The second kappa shape index (κ2) is 24.4. The summed E-state index contributed by atoms with van der Waals surface area (Å²) in [6.45, 7) is 1.47. The Morgan fingerprint density at radius 3 is 1.98 bits per heavy atom. The Hall–Kier alpha value is -3.56. The van der Waals surface area contributed by atoms with Gasteiger partial charge < -0.3 is 45.6 Å². The van der Waals surface area contributed by atoms with Crippen molar-refractivity contribution in [2.75, 3.05) is 13.2 Å². The maximum absolute atomic E-state index is 13.8. The van der Waals surface area contributed by atoms with E-state index < -0.39 is 73.1 Å². The van der Waals surface area contributed by atoms with Crippen LogP contribution in [0.1, 0.15) is 102 Å². The number of carbonyl (C=O) groups excluding carboxylic acids is 2. The number of ether oxygens (including phenoxy) is 2. The number of benzene rings is 3. The first-order chi connectivity index (χ1) is 27.5. The molecule has 1 aliphatic rings. The molecule has 13 heteroatoms. The molecule has 2 amide bonds. The van der Waals surface area contributed by atoms with Crippen molar-refractivity contribution in [1.29, 1.82) is 0 Å². The standard InChI is InChI=1S/C44H62F2N2O9/c1-2-3-4-5-6-7-8-9-10-11-12-13-18-36(49)40(52)35(48-39(51)26-30-20-22-33(45)34(46)24-30)28-56-44-43(55)42(54)41(53)37(57-44)27-47-38(50)25-29-19-21-31-16-14-15-17-32(31)23-29/h14-17,19-24,35-37,40-44,49,52-55H,2-13,18,25-28H2,1H3,(H,47,50)(H,48,51)/t35-,36+,37?,40-,41-,42-,43?,44-/m0/s1. The summed E-state index contributed by atoms with van der Waals surface area (Å²) in [5, 5.41) is 61.5. The number of aliphatic hydroxyl groups excluding tert-OH is 5. The van der Waals surface area contributed by atoms with Gasteiger partial charge in [-0.2, -0.15) is 0 Å². The summed E-state index contributed by atoms with van der Waals surface area (Å²) in [7, 11) is 0. The molecule has 316 valence electrons. The Kier molecular flexibility index (Phi) is 19.7. The fourth-order valence-corrected chi connectivity index (χ4v) is 7.18. The molecule has 0 aromatic heterocycles. The summed E-state index contributed by atoms with van der Waals surface area (Å²) in [4.78, 5) is 25.9. The number of carbonyl (C=O) groups is 2. The third-order valence-electron chi connectivity index (χ3n) is 10.6. The SMILES string of the molecule is CCCCCCCCCCCCCC[C@@H](O)[C@@H](O)[C@H](CO[C@H]1OC(CNC(=O)Cc2ccc3ccccc3c2)[C@H](O)[C@H](O)C1O)NC(=O)Cc1ccc(F)c(F)c1. The summed E-state index contributed by atoms with van der Waals surface area (Å²) < 4.78 is 38.9. The molecule has 2 unspecified atom stereocenters. The quantitative estimate of drug-likeness (QED) is 0.0572. The minimum absolute atomic E-state index is 0.0458. The van der Waals surface area contributed by atoms with Crippen LogP contribution in [0.4, 0.5) is 8.78 Å². The van der Waals surface area contributed by atoms with Crippen molar-refractivity contribution < 1.29 is 53.4 Å². The third-order valence-corrected chi connectivity index (χ3v) is 10.6. The molecule has 1 saturated heterocycles. The van der Waals surface area contributed by atoms with E-state index in [0.717, 1.165) is 54.2 Å². The van der Waals surface area contributed by atoms with E-state index in [1.54, 1.807) is 0 Å². The van der Waals surface area contributed by atoms with Crippen LogP contribution >= 0.6 is 0 Å². The van der Waals surface area contributed by atoms with Crippen LogP contribution in [0.5, 0.6) is 0 Å². The normalized spacial score (nSPS) is 21.2. The maximum atomic E-state index is 13.8. The summed E-state index contributed by atoms with van der Waals surface area (Å²) in [5.74, 6) is -3.24. The van der Waals surface area contributed by atoms with Crippen LogP contribution in [0.3, 0.4) is 0 Å². The minimum atomic E-state index is -1.74. The zero-order valence-electron chi connectivity index (χ0n) is 33.0. The first-order valence-electron chi connectivity index (χ1n) is 20.6. The van der Waals surface area contributed by atoms with Crippen molar-refractivity contribution in [1.82, 2.24) is 10.6 Å². The molecule has 11 nitrogen and oxygen atoms in total. The molecule has 0 radical (unpaired) electrons. The number of unbranched alkanes of at least 4 members (excludes halogenated alkanes) is 11. The fourth-order valence-electron chi connectivity index (χ4n) is 7.18. The summed E-state index contributed by atoms with van der Waals surface area (Å²) in [6, 6.07) is 15.2. The average Bonchev–Trinajstić information content (AvgIpc) is 3.20. The maximum Gasteiger partial charge on any atom is 0.224 e. The second-order valence-electron chi connectivity index (χ2n) is 15.3. The van der Waals surface area contributed by atoms with Crippen molar-refractivity contribution in [3.63, 3.8) is 0 Å². The topological polar surface area (TPSA) is 178 Å². The molecule has 3 aromatic rings. The number of nitrogens with one attached hydrogen (secondary N) is 2. The number of rotatable bonds is 25. The number of aliphatic hydroxyl groups is 5. The molecule has 4 rings (SSSR count). The molecule has 57 heavy (non-hydrogen) atoms. The molecule has 0 spiro atoms. The molecule has 3 aromatic carbocycles. The van der Waals surface area contributed by atoms with Crippen LogP contribution in [0.15, 0.2) is 60.7 Å². The van der Waals surface area contributed by atoms with Gasteiger partial charge >= 0.3 is 0 Å². The van der Waals surface area contributed by atoms with E-state index in [-0.39, 0.29) is 37.3 Å². The van der Waals surface area contributed by atoms with Crippen LogP contribution in [0, 0.1) is 11.6 Å². The van der Waals surface area contributed by atoms with Crippen molar-refractivity contribution in [3.05, 3.63) is 83.4 Å². The van der Waals surface area contributed by atoms with Crippen molar-refractivity contribution in [3.8, 4) is 0 Å². The predicted molar refractivity (Wildman–Crippen MR) is 213 cm³/mol. The molecule has 1 aliphatic heterocycles. The monoisotopic (exact) mass is 800 g/mol. The van der Waals surface area contributed by atoms with E-state index in [1.165, 1.54) is 51.0 Å². The zero-order valence-corrected chi connectivity index (χ0v) is 33.0. The molecule has 1 heterocycles. The average molecular weight is 801 g/mol. The lowest BCUT2D eigenvalue weighted by Crippen LogP contribution is -2.61. The molecule has 0 bridgehead atoms. The molecular weight excluding hydrogens is 738 g/mol. The van der Waals surface area contributed by atoms with Gasteiger partial charge in [-0.05, 0) is 40.5 Å². The van der Waals surface area contributed by atoms with Crippen LogP contribution in [0.2, 0.25) is 0 Å². The van der Waals surface area contributed by atoms with Gasteiger partial charge in [-0.15, -0.1) is 0 Å². The van der Waals surface area contributed by atoms with Gasteiger partial charge in [-0.1, -0.05) is 133 Å². The third kappa shape index (κ3) is 15.3. The number of hydrogen-bond acceptors (Lipinski definition) is 9. The van der Waals surface area contributed by atoms with Crippen molar-refractivity contribution >= 4 is 22.6 Å². The Labute approximate surface area is 334 Å². The van der Waals surface area contributed by atoms with Crippen LogP contribution < -0.4 is 10.6 Å². The smallest absolute Gasteiger partial charge is 0.224 e. The zero-order chi connectivity index (χ0) is 41.2. The first-order valence-corrected chi connectivity index (χ1v) is 20.6. The van der Waals surface area contributed by atoms with E-state index in [2.05, 4.69) is 17.6 Å². The Bertz CT molecular complexity index is 1670. The highest BCUT2D eigenvalue weighted by Gasteiger charge is 2.45. The Balaban J connectivity index is 1.30. The van der Waals surface area contributed by atoms with Gasteiger partial charge in [-0.25, -0.2) is 8.78 Å². The van der Waals surface area contributed by atoms with E-state index in [1.807, 2.05) is 42.5 Å². The van der Waals surface area contributed by atoms with Gasteiger partial charge in [-0.3, -0.25) is 9.59 Å². The number of halogens is 2. The highest BCUT2D eigenvalue weighted by molar-refractivity contribution is 5.85. The van der Waals surface area contributed by atoms with Crippen LogP contribution in [-0.4, -0.2) is 99.5 Å². The Morgan fingerprint density at radius 1 is 0.719 bits per heavy atom. The molecular formula is C44H62F2N2O9. The van der Waals surface area contributed by atoms with Crippen LogP contribution in [-0.2, 0) is 31.9 Å². The highest BCUT2D eigenvalue weighted by atomic mass is 19.2. The van der Waals surface area contributed by atoms with Crippen LogP contribution in [0.25, 0.3) is 10.8 Å². The predicted octanol–water partition coefficient (Wildman–Crippen LogP) is 5.14. The lowest BCUT2D eigenvalue weighted by Gasteiger charge is -2.41. The highest BCUT2D eigenvalue weighted by Crippen LogP contribution is 2.24. The molecule has 0 aliphatic carbocycles. The molecule has 8 atom stereocenters. The van der Waals surface area contributed by atoms with Gasteiger partial charge in [0.1, 0.15) is 30.5 Å². The summed E-state index contributed by atoms with van der Waals surface area (Å²) in [6.07, 6.45) is 2.86. The van der Waals surface area contributed by atoms with E-state index in [0.29, 0.717) is 6.42 Å². The van der Waals surface area contributed by atoms with Gasteiger partial charge in [0.2, 0.25) is 11.8 Å². The van der Waals surface area contributed by atoms with Gasteiger partial charge in [0, 0.05) is 6.54 Å². The second-order valence-corrected chi connectivity index (χ2v) is 15.3. The molecule has 7 N–H and O–H groups in total. The lowest BCUT2D eigenvalue weighted by molar-refractivity contribution is -0.297. The van der Waals surface area contributed by atoms with E-state index >= 15 is 0 Å². The fraction of sp³-hybridized carbons (Fsp3) is 0.591. The first kappa shape index (κ1) is 46.1. The summed E-state index contributed by atoms with van der Waals surface area (Å²) in [5.41, 5.74) is 0.941. The van der Waals surface area contributed by atoms with E-state index in [4.69, 9.17) is 9.47 Å².